The molecule has 1 fully saturated rings. The topological polar surface area (TPSA) is 72.1 Å². The van der Waals surface area contributed by atoms with Crippen molar-refractivity contribution in [2.24, 2.45) is 0 Å². The highest BCUT2D eigenvalue weighted by atomic mass is 16.5. The molecule has 6 nitrogen and oxygen atoms in total. The van der Waals surface area contributed by atoms with Crippen LogP contribution >= 0.6 is 0 Å². The number of nitrogens with zero attached hydrogens (tertiary/aromatic N) is 4. The largest absolute Gasteiger partial charge is 0.339 e. The summed E-state index contributed by atoms with van der Waals surface area (Å²) in [6, 6.07) is 5.84. The zero-order valence-electron chi connectivity index (χ0n) is 13.4. The summed E-state index contributed by atoms with van der Waals surface area (Å²) < 4.78 is 5.19. The fraction of sp³-hybridized carbons (Fsp3) is 0.529. The molecule has 0 bridgehead atoms. The van der Waals surface area contributed by atoms with Crippen molar-refractivity contribution in [2.45, 2.75) is 51.5 Å². The Labute approximate surface area is 135 Å². The predicted molar refractivity (Wildman–Crippen MR) is 84.5 cm³/mol. The van der Waals surface area contributed by atoms with E-state index in [0.717, 1.165) is 44.3 Å². The number of pyridine rings is 1. The van der Waals surface area contributed by atoms with Crippen molar-refractivity contribution in [3.63, 3.8) is 0 Å². The van der Waals surface area contributed by atoms with Crippen molar-refractivity contribution < 1.29 is 9.32 Å². The highest BCUT2D eigenvalue weighted by Crippen LogP contribution is 2.30. The first kappa shape index (κ1) is 15.6. The molecule has 1 atom stereocenters. The third-order valence-corrected chi connectivity index (χ3v) is 4.21. The van der Waals surface area contributed by atoms with Gasteiger partial charge in [0.25, 0.3) is 0 Å². The van der Waals surface area contributed by atoms with Gasteiger partial charge in [0, 0.05) is 31.3 Å². The molecule has 0 aromatic carbocycles. The lowest BCUT2D eigenvalue weighted by Crippen LogP contribution is -2.31. The Kier molecular flexibility index (Phi) is 5.00. The smallest absolute Gasteiger partial charge is 0.226 e. The molecule has 2 aromatic rings. The lowest BCUT2D eigenvalue weighted by atomic mass is 10.1. The SMILES string of the molecule is CCc1nc([C@H]2CCCN2C(=O)CCCc2ccccn2)no1. The van der Waals surface area contributed by atoms with Crippen LogP contribution in [0.3, 0.4) is 0 Å². The van der Waals surface area contributed by atoms with Gasteiger partial charge in [0.1, 0.15) is 0 Å². The highest BCUT2D eigenvalue weighted by Gasteiger charge is 2.32. The van der Waals surface area contributed by atoms with Gasteiger partial charge in [-0.1, -0.05) is 18.1 Å². The minimum absolute atomic E-state index is 0.0265. The van der Waals surface area contributed by atoms with Gasteiger partial charge in [0.15, 0.2) is 5.82 Å². The van der Waals surface area contributed by atoms with Crippen LogP contribution in [-0.2, 0) is 17.6 Å². The Balaban J connectivity index is 1.55. The maximum atomic E-state index is 12.5. The van der Waals surface area contributed by atoms with Crippen molar-refractivity contribution in [3.8, 4) is 0 Å². The first-order valence-electron chi connectivity index (χ1n) is 8.29. The van der Waals surface area contributed by atoms with E-state index in [-0.39, 0.29) is 11.9 Å². The molecule has 3 heterocycles. The summed E-state index contributed by atoms with van der Waals surface area (Å²) in [5.41, 5.74) is 1.03. The molecule has 1 amide bonds. The van der Waals surface area contributed by atoms with Crippen LogP contribution in [0, 0.1) is 0 Å². The van der Waals surface area contributed by atoms with E-state index in [0.29, 0.717) is 18.1 Å². The summed E-state index contributed by atoms with van der Waals surface area (Å²) in [7, 11) is 0. The van der Waals surface area contributed by atoms with Gasteiger partial charge in [-0.2, -0.15) is 4.98 Å². The average Bonchev–Trinajstić information content (AvgIpc) is 3.24. The molecule has 2 aromatic heterocycles. The van der Waals surface area contributed by atoms with Crippen LogP contribution in [0.1, 0.15) is 56.1 Å². The minimum atomic E-state index is -0.0265. The van der Waals surface area contributed by atoms with Gasteiger partial charge >= 0.3 is 0 Å². The van der Waals surface area contributed by atoms with Gasteiger partial charge in [-0.15, -0.1) is 0 Å². The first-order chi connectivity index (χ1) is 11.3. The van der Waals surface area contributed by atoms with E-state index in [1.807, 2.05) is 30.0 Å². The predicted octanol–water partition coefficient (Wildman–Crippen LogP) is 2.71. The van der Waals surface area contributed by atoms with E-state index in [4.69, 9.17) is 4.52 Å². The highest BCUT2D eigenvalue weighted by molar-refractivity contribution is 5.76. The summed E-state index contributed by atoms with van der Waals surface area (Å²) >= 11 is 0. The molecule has 23 heavy (non-hydrogen) atoms. The third-order valence-electron chi connectivity index (χ3n) is 4.21. The lowest BCUT2D eigenvalue weighted by Gasteiger charge is -2.22. The fourth-order valence-electron chi connectivity index (χ4n) is 2.99. The van der Waals surface area contributed by atoms with E-state index in [1.54, 1.807) is 6.20 Å². The fourth-order valence-corrected chi connectivity index (χ4v) is 2.99. The van der Waals surface area contributed by atoms with Crippen molar-refractivity contribution in [2.75, 3.05) is 6.54 Å². The van der Waals surface area contributed by atoms with E-state index in [1.165, 1.54) is 0 Å². The number of hydrogen-bond donors (Lipinski definition) is 0. The zero-order chi connectivity index (χ0) is 16.1. The summed E-state index contributed by atoms with van der Waals surface area (Å²) in [5, 5.41) is 4.04. The molecule has 122 valence electrons. The standard InChI is InChI=1S/C17H22N4O2/c1-2-15-19-17(20-23-15)14-9-6-12-21(14)16(22)10-5-8-13-7-3-4-11-18-13/h3-4,7,11,14H,2,5-6,8-10,12H2,1H3/t14-/m1/s1. The molecule has 0 unspecified atom stereocenters. The summed E-state index contributed by atoms with van der Waals surface area (Å²) in [6.45, 7) is 2.76. The van der Waals surface area contributed by atoms with Crippen molar-refractivity contribution >= 4 is 5.91 Å². The Bertz CT molecular complexity index is 641. The Morgan fingerprint density at radius 3 is 3.09 bits per heavy atom. The molecule has 6 heteroatoms. The molecular formula is C17H22N4O2. The van der Waals surface area contributed by atoms with Crippen LogP contribution in [0.4, 0.5) is 0 Å². The number of carbonyl (C=O) groups excluding carboxylic acids is 1. The van der Waals surface area contributed by atoms with Crippen LogP contribution in [0.5, 0.6) is 0 Å². The van der Waals surface area contributed by atoms with Crippen LogP contribution in [0.25, 0.3) is 0 Å². The van der Waals surface area contributed by atoms with Crippen LogP contribution < -0.4 is 0 Å². The monoisotopic (exact) mass is 314 g/mol. The Hall–Kier alpha value is -2.24. The second kappa shape index (κ2) is 7.35. The minimum Gasteiger partial charge on any atom is -0.339 e. The van der Waals surface area contributed by atoms with Crippen LogP contribution in [0.15, 0.2) is 28.9 Å². The molecule has 0 saturated carbocycles. The molecule has 1 aliphatic rings. The normalized spacial score (nSPS) is 17.6. The molecule has 0 spiro atoms. The van der Waals surface area contributed by atoms with Gasteiger partial charge in [-0.25, -0.2) is 0 Å². The maximum absolute atomic E-state index is 12.5. The third kappa shape index (κ3) is 3.75. The van der Waals surface area contributed by atoms with E-state index in [9.17, 15) is 4.79 Å². The maximum Gasteiger partial charge on any atom is 0.226 e. The van der Waals surface area contributed by atoms with Gasteiger partial charge < -0.3 is 9.42 Å². The quantitative estimate of drug-likeness (QED) is 0.819. The number of amides is 1. The Morgan fingerprint density at radius 1 is 1.43 bits per heavy atom. The number of carbonyl (C=O) groups is 1. The molecule has 0 N–H and O–H groups in total. The van der Waals surface area contributed by atoms with Crippen molar-refractivity contribution in [1.82, 2.24) is 20.0 Å². The molecule has 3 rings (SSSR count). The number of hydrogen-bond acceptors (Lipinski definition) is 5. The Morgan fingerprint density at radius 2 is 2.35 bits per heavy atom. The van der Waals surface area contributed by atoms with Gasteiger partial charge in [0.05, 0.1) is 6.04 Å². The summed E-state index contributed by atoms with van der Waals surface area (Å²) in [5.74, 6) is 1.46. The first-order valence-corrected chi connectivity index (χ1v) is 8.29. The second-order valence-corrected chi connectivity index (χ2v) is 5.82. The molecular weight excluding hydrogens is 292 g/mol. The zero-order valence-corrected chi connectivity index (χ0v) is 13.4. The van der Waals surface area contributed by atoms with Gasteiger partial charge in [-0.05, 0) is 37.8 Å². The summed E-state index contributed by atoms with van der Waals surface area (Å²) in [6.07, 6.45) is 6.58. The average molecular weight is 314 g/mol. The van der Waals surface area contributed by atoms with Crippen LogP contribution in [-0.4, -0.2) is 32.5 Å². The van der Waals surface area contributed by atoms with Crippen LogP contribution in [0.2, 0.25) is 0 Å². The number of aryl methyl sites for hydroxylation is 2. The van der Waals surface area contributed by atoms with E-state index in [2.05, 4.69) is 15.1 Å². The number of rotatable bonds is 6. The second-order valence-electron chi connectivity index (χ2n) is 5.82. The van der Waals surface area contributed by atoms with E-state index >= 15 is 0 Å². The van der Waals surface area contributed by atoms with Gasteiger partial charge in [0.2, 0.25) is 11.8 Å². The van der Waals surface area contributed by atoms with Crippen molar-refractivity contribution in [3.05, 3.63) is 41.8 Å². The molecule has 0 radical (unpaired) electrons. The number of aromatic nitrogens is 3. The van der Waals surface area contributed by atoms with Gasteiger partial charge in [-0.3, -0.25) is 9.78 Å². The molecule has 1 saturated heterocycles. The summed E-state index contributed by atoms with van der Waals surface area (Å²) in [4.78, 5) is 23.1. The van der Waals surface area contributed by atoms with E-state index < -0.39 is 0 Å². The molecule has 1 aliphatic heterocycles. The number of likely N-dealkylation sites (tertiary alicyclic amines) is 1. The molecule has 0 aliphatic carbocycles. The van der Waals surface area contributed by atoms with Crippen molar-refractivity contribution in [1.29, 1.82) is 0 Å². The lowest BCUT2D eigenvalue weighted by molar-refractivity contribution is -0.132.